The number of aromatic nitrogens is 1. The fourth-order valence-corrected chi connectivity index (χ4v) is 5.79. The minimum Gasteiger partial charge on any atom is -0.496 e. The first-order valence-corrected chi connectivity index (χ1v) is 14.4. The number of hydrogen-bond acceptors (Lipinski definition) is 9. The van der Waals surface area contributed by atoms with E-state index in [4.69, 9.17) is 18.9 Å². The van der Waals surface area contributed by atoms with Crippen LogP contribution < -0.4 is 14.8 Å². The summed E-state index contributed by atoms with van der Waals surface area (Å²) in [7, 11) is 1.57. The number of methoxy groups -OCH3 is 1. The van der Waals surface area contributed by atoms with Crippen LogP contribution in [0.3, 0.4) is 0 Å². The van der Waals surface area contributed by atoms with Crippen molar-refractivity contribution >= 4 is 40.0 Å². The summed E-state index contributed by atoms with van der Waals surface area (Å²) in [5.41, 5.74) is 2.01. The number of hydrogen-bond donors (Lipinski definition) is 1. The third kappa shape index (κ3) is 7.95. The van der Waals surface area contributed by atoms with Gasteiger partial charge in [-0.2, -0.15) is 0 Å². The fraction of sp³-hybridized carbons (Fsp3) is 0.393. The molecule has 0 radical (unpaired) electrons. The van der Waals surface area contributed by atoms with Gasteiger partial charge < -0.3 is 23.8 Å². The Kier molecular flexibility index (Phi) is 10.6. The summed E-state index contributed by atoms with van der Waals surface area (Å²) in [5, 5.41) is 3.35. The smallest absolute Gasteiger partial charge is 0.257 e. The molecule has 2 aromatic carbocycles. The number of rotatable bonds is 12. The van der Waals surface area contributed by atoms with Crippen molar-refractivity contribution in [2.24, 2.45) is 0 Å². The van der Waals surface area contributed by atoms with Gasteiger partial charge in [0.25, 0.3) is 11.8 Å². The van der Waals surface area contributed by atoms with Crippen LogP contribution in [0, 0.1) is 6.92 Å². The second kappa shape index (κ2) is 14.3. The molecule has 1 saturated heterocycles. The molecule has 1 aliphatic rings. The zero-order valence-electron chi connectivity index (χ0n) is 22.4. The van der Waals surface area contributed by atoms with Crippen molar-refractivity contribution < 1.29 is 28.5 Å². The number of nitrogens with one attached hydrogen (secondary N) is 1. The van der Waals surface area contributed by atoms with Crippen molar-refractivity contribution in [3.05, 3.63) is 59.3 Å². The van der Waals surface area contributed by atoms with Crippen LogP contribution in [0.4, 0.5) is 5.13 Å². The molecule has 0 atom stereocenters. The predicted molar refractivity (Wildman–Crippen MR) is 152 cm³/mol. The molecule has 0 bridgehead atoms. The molecule has 2 heterocycles. The number of thiazole rings is 1. The molecule has 0 aliphatic carbocycles. The molecule has 0 saturated carbocycles. The van der Waals surface area contributed by atoms with E-state index < -0.39 is 0 Å². The number of morpholine rings is 1. The van der Waals surface area contributed by atoms with Crippen LogP contribution in [0.25, 0.3) is 0 Å². The van der Waals surface area contributed by atoms with Crippen molar-refractivity contribution in [3.8, 4) is 11.5 Å². The molecule has 9 nitrogen and oxygen atoms in total. The van der Waals surface area contributed by atoms with E-state index in [1.165, 1.54) is 23.1 Å². The molecular weight excluding hydrogens is 538 g/mol. The van der Waals surface area contributed by atoms with Gasteiger partial charge in [0.1, 0.15) is 18.1 Å². The highest BCUT2D eigenvalue weighted by Gasteiger charge is 2.23. The second-order valence-electron chi connectivity index (χ2n) is 8.75. The van der Waals surface area contributed by atoms with Gasteiger partial charge >= 0.3 is 0 Å². The number of ether oxygens (including phenoxy) is 4. The molecule has 3 aromatic rings. The number of nitrogens with zero attached hydrogens (tertiary/aromatic N) is 2. The van der Waals surface area contributed by atoms with Gasteiger partial charge in [-0.3, -0.25) is 14.9 Å². The summed E-state index contributed by atoms with van der Waals surface area (Å²) in [6, 6.07) is 10.7. The highest BCUT2D eigenvalue weighted by atomic mass is 32.2. The summed E-state index contributed by atoms with van der Waals surface area (Å²) in [6.45, 7) is 7.92. The lowest BCUT2D eigenvalue weighted by Crippen LogP contribution is -2.40. The van der Waals surface area contributed by atoms with Gasteiger partial charge in [0, 0.05) is 30.2 Å². The number of carbonyl (C=O) groups excluding carboxylic acids is 2. The average molecular weight is 572 g/mol. The lowest BCUT2D eigenvalue weighted by atomic mass is 10.1. The van der Waals surface area contributed by atoms with Crippen molar-refractivity contribution in [3.63, 3.8) is 0 Å². The molecule has 39 heavy (non-hydrogen) atoms. The van der Waals surface area contributed by atoms with Crippen LogP contribution in [0.1, 0.15) is 39.6 Å². The van der Waals surface area contributed by atoms with E-state index >= 15 is 0 Å². The number of benzene rings is 2. The Labute approximate surface area is 236 Å². The van der Waals surface area contributed by atoms with Crippen LogP contribution in [-0.2, 0) is 9.47 Å². The number of carbonyl (C=O) groups is 2. The van der Waals surface area contributed by atoms with Gasteiger partial charge in [-0.15, -0.1) is 0 Å². The second-order valence-corrected chi connectivity index (χ2v) is 11.1. The summed E-state index contributed by atoms with van der Waals surface area (Å²) < 4.78 is 22.8. The maximum Gasteiger partial charge on any atom is 0.257 e. The number of aryl methyl sites for hydroxylation is 1. The highest BCUT2D eigenvalue weighted by molar-refractivity contribution is 8.01. The number of amides is 2. The molecule has 1 aliphatic heterocycles. The molecule has 0 unspecified atom stereocenters. The van der Waals surface area contributed by atoms with E-state index in [2.05, 4.69) is 17.2 Å². The van der Waals surface area contributed by atoms with E-state index in [-0.39, 0.29) is 11.8 Å². The highest BCUT2D eigenvalue weighted by Crippen LogP contribution is 2.38. The first kappa shape index (κ1) is 28.9. The van der Waals surface area contributed by atoms with Crippen LogP contribution in [-0.4, -0.2) is 74.9 Å². The standard InChI is InChI=1S/C28H33N3O6S2/c1-4-11-35-14-15-37-21-7-5-20(6-8-21)26(32)30-28-29-18-25(39-28)38-24-17-22(23(34-3)16-19(24)2)27(33)31-9-12-36-13-10-31/h5-8,16-18H,4,9-15H2,1-3H3,(H,29,30,32). The van der Waals surface area contributed by atoms with Gasteiger partial charge in [-0.05, 0) is 55.3 Å². The van der Waals surface area contributed by atoms with Crippen molar-refractivity contribution in [2.45, 2.75) is 29.4 Å². The Morgan fingerprint density at radius 3 is 2.62 bits per heavy atom. The molecule has 1 N–H and O–H groups in total. The van der Waals surface area contributed by atoms with Gasteiger partial charge in [0.05, 0.1) is 42.9 Å². The van der Waals surface area contributed by atoms with Gasteiger partial charge in [0.2, 0.25) is 0 Å². The van der Waals surface area contributed by atoms with Gasteiger partial charge in [0.15, 0.2) is 5.13 Å². The van der Waals surface area contributed by atoms with Crippen LogP contribution in [0.15, 0.2) is 51.7 Å². The maximum absolute atomic E-state index is 13.2. The molecule has 1 fully saturated rings. The molecule has 4 rings (SSSR count). The van der Waals surface area contributed by atoms with E-state index in [0.717, 1.165) is 27.7 Å². The Morgan fingerprint density at radius 1 is 1.13 bits per heavy atom. The topological polar surface area (TPSA) is 99.2 Å². The molecule has 1 aromatic heterocycles. The van der Waals surface area contributed by atoms with Crippen LogP contribution >= 0.6 is 23.1 Å². The molecule has 2 amide bonds. The summed E-state index contributed by atoms with van der Waals surface area (Å²) in [6.07, 6.45) is 2.69. The third-order valence-corrected chi connectivity index (χ3v) is 8.08. The zero-order valence-corrected chi connectivity index (χ0v) is 24.0. The van der Waals surface area contributed by atoms with E-state index in [1.54, 1.807) is 42.5 Å². The SMILES string of the molecule is CCCOCCOc1ccc(C(=O)Nc2ncc(Sc3cc(C(=O)N4CCOCC4)c(OC)cc3C)s2)cc1. The molecular formula is C28H33N3O6S2. The van der Waals surface area contributed by atoms with Crippen LogP contribution in [0.5, 0.6) is 11.5 Å². The monoisotopic (exact) mass is 571 g/mol. The fourth-order valence-electron chi connectivity index (χ4n) is 3.85. The Hall–Kier alpha value is -3.12. The summed E-state index contributed by atoms with van der Waals surface area (Å²) in [4.78, 5) is 33.0. The maximum atomic E-state index is 13.2. The number of anilines is 1. The predicted octanol–water partition coefficient (Wildman–Crippen LogP) is 5.14. The van der Waals surface area contributed by atoms with Crippen molar-refractivity contribution in [1.29, 1.82) is 0 Å². The molecule has 0 spiro atoms. The quantitative estimate of drug-likeness (QED) is 0.299. The van der Waals surface area contributed by atoms with Gasteiger partial charge in [-0.1, -0.05) is 30.0 Å². The first-order valence-electron chi connectivity index (χ1n) is 12.8. The van der Waals surface area contributed by atoms with E-state index in [0.29, 0.717) is 67.3 Å². The largest absolute Gasteiger partial charge is 0.496 e. The Morgan fingerprint density at radius 2 is 1.90 bits per heavy atom. The lowest BCUT2D eigenvalue weighted by molar-refractivity contribution is 0.0300. The minimum atomic E-state index is -0.252. The van der Waals surface area contributed by atoms with Gasteiger partial charge in [-0.25, -0.2) is 4.98 Å². The Balaban J connectivity index is 1.37. The lowest BCUT2D eigenvalue weighted by Gasteiger charge is -2.27. The molecule has 208 valence electrons. The van der Waals surface area contributed by atoms with Crippen molar-refractivity contribution in [1.82, 2.24) is 9.88 Å². The normalized spacial score (nSPS) is 13.3. The Bertz CT molecular complexity index is 1260. The van der Waals surface area contributed by atoms with E-state index in [9.17, 15) is 9.59 Å². The van der Waals surface area contributed by atoms with Crippen molar-refractivity contribution in [2.75, 3.05) is 58.6 Å². The first-order chi connectivity index (χ1) is 19.0. The zero-order chi connectivity index (χ0) is 27.6. The minimum absolute atomic E-state index is 0.0736. The summed E-state index contributed by atoms with van der Waals surface area (Å²) in [5.74, 6) is 0.904. The average Bonchev–Trinajstić information content (AvgIpc) is 3.40. The van der Waals surface area contributed by atoms with E-state index in [1.807, 2.05) is 19.1 Å². The molecule has 11 heteroatoms. The summed E-state index contributed by atoms with van der Waals surface area (Å²) >= 11 is 2.87. The third-order valence-electron chi connectivity index (χ3n) is 5.90. The van der Waals surface area contributed by atoms with Crippen LogP contribution in [0.2, 0.25) is 0 Å².